The number of carbonyl (C=O) groups is 1. The fourth-order valence-electron chi connectivity index (χ4n) is 0. The second kappa shape index (κ2) is 4.91. The number of rotatable bonds is 0. The molecular formula is C2HF3O4Si. The maximum absolute atomic E-state index is 10.6. The first-order valence-electron chi connectivity index (χ1n) is 1.65. The standard InChI is InChI=1S/C2HF3O2.O2Si/c3-2(4,5)1(6)7;1-3-2/h(H,6,7);. The van der Waals surface area contributed by atoms with Gasteiger partial charge in [0, 0.05) is 0 Å². The summed E-state index contributed by atoms with van der Waals surface area (Å²) in [7, 11) is -1.42. The third-order valence-electron chi connectivity index (χ3n) is 0.243. The highest BCUT2D eigenvalue weighted by molar-refractivity contribution is 5.94. The molecule has 0 aromatic rings. The van der Waals surface area contributed by atoms with E-state index >= 15 is 0 Å². The Morgan fingerprint density at radius 2 is 1.40 bits per heavy atom. The fraction of sp³-hybridized carbons (Fsp3) is 0.500. The molecule has 0 radical (unpaired) electrons. The van der Waals surface area contributed by atoms with Crippen LogP contribution in [0.3, 0.4) is 0 Å². The SMILES string of the molecule is O=C(O)C(F)(F)F.O=[Si]=O. The van der Waals surface area contributed by atoms with Crippen molar-refractivity contribution in [1.29, 1.82) is 0 Å². The molecule has 58 valence electrons. The molecule has 0 aliphatic rings. The van der Waals surface area contributed by atoms with E-state index in [9.17, 15) is 13.2 Å². The second-order valence-electron chi connectivity index (χ2n) is 0.886. The van der Waals surface area contributed by atoms with Crippen molar-refractivity contribution in [3.8, 4) is 0 Å². The number of hydrogen-bond donors (Lipinski definition) is 1. The van der Waals surface area contributed by atoms with Crippen molar-refractivity contribution in [3.05, 3.63) is 0 Å². The topological polar surface area (TPSA) is 71.4 Å². The minimum Gasteiger partial charge on any atom is -0.475 e. The van der Waals surface area contributed by atoms with Crippen molar-refractivity contribution in [3.63, 3.8) is 0 Å². The Morgan fingerprint density at radius 3 is 1.40 bits per heavy atom. The fourth-order valence-corrected chi connectivity index (χ4v) is 0. The Kier molecular flexibility index (Phi) is 5.80. The molecule has 0 aliphatic heterocycles. The molecule has 4 nitrogen and oxygen atoms in total. The average molecular weight is 174 g/mol. The summed E-state index contributed by atoms with van der Waals surface area (Å²) in [6.07, 6.45) is -5.08. The number of halogens is 3. The second-order valence-corrected chi connectivity index (χ2v) is 1.05. The zero-order valence-corrected chi connectivity index (χ0v) is 5.31. The zero-order chi connectivity index (χ0) is 8.78. The number of carboxylic acids is 1. The summed E-state index contributed by atoms with van der Waals surface area (Å²) in [6.45, 7) is 0. The lowest BCUT2D eigenvalue weighted by Crippen LogP contribution is -2.21. The predicted octanol–water partition coefficient (Wildman–Crippen LogP) is 0.0149. The van der Waals surface area contributed by atoms with E-state index in [2.05, 4.69) is 0 Å². The highest BCUT2D eigenvalue weighted by atomic mass is 28.2. The van der Waals surface area contributed by atoms with Gasteiger partial charge in [0.2, 0.25) is 0 Å². The molecule has 0 rings (SSSR count). The van der Waals surface area contributed by atoms with Crippen molar-refractivity contribution < 1.29 is 32.0 Å². The molecule has 8 heteroatoms. The van der Waals surface area contributed by atoms with E-state index in [0.29, 0.717) is 0 Å². The van der Waals surface area contributed by atoms with Gasteiger partial charge in [-0.05, 0) is 0 Å². The van der Waals surface area contributed by atoms with Gasteiger partial charge in [0.05, 0.1) is 0 Å². The van der Waals surface area contributed by atoms with Gasteiger partial charge in [-0.1, -0.05) is 0 Å². The lowest BCUT2D eigenvalue weighted by Gasteiger charge is -1.93. The quantitative estimate of drug-likeness (QED) is 0.525. The first kappa shape index (κ1) is 11.8. The molecule has 0 atom stereocenters. The van der Waals surface area contributed by atoms with Crippen molar-refractivity contribution in [1.82, 2.24) is 0 Å². The van der Waals surface area contributed by atoms with E-state index in [-0.39, 0.29) is 0 Å². The molecule has 1 N–H and O–H groups in total. The Balaban J connectivity index is 0. The lowest BCUT2D eigenvalue weighted by molar-refractivity contribution is -0.192. The minimum absolute atomic E-state index is 1.42. The van der Waals surface area contributed by atoms with Crippen LogP contribution >= 0.6 is 0 Å². The smallest absolute Gasteiger partial charge is 0.475 e. The van der Waals surface area contributed by atoms with Crippen LogP contribution in [-0.2, 0) is 13.7 Å². The monoisotopic (exact) mass is 174 g/mol. The summed E-state index contributed by atoms with van der Waals surface area (Å²) in [5.74, 6) is -2.76. The molecule has 0 unspecified atom stereocenters. The first-order valence-corrected chi connectivity index (χ1v) is 2.47. The number of carboxylic acid groups (broad SMARTS) is 1. The van der Waals surface area contributed by atoms with Gasteiger partial charge in [-0.3, -0.25) is 8.92 Å². The summed E-state index contributed by atoms with van der Waals surface area (Å²) in [5, 5.41) is 7.12. The van der Waals surface area contributed by atoms with E-state index in [4.69, 9.17) is 18.8 Å². The van der Waals surface area contributed by atoms with E-state index in [1.54, 1.807) is 0 Å². The van der Waals surface area contributed by atoms with Gasteiger partial charge in [0.1, 0.15) is 0 Å². The van der Waals surface area contributed by atoms with Gasteiger partial charge in [0.25, 0.3) is 0 Å². The average Bonchev–Trinajstić information content (AvgIpc) is 1.64. The van der Waals surface area contributed by atoms with Crippen LogP contribution in [0.5, 0.6) is 0 Å². The van der Waals surface area contributed by atoms with Crippen molar-refractivity contribution in [2.75, 3.05) is 0 Å². The van der Waals surface area contributed by atoms with Crippen LogP contribution in [0.1, 0.15) is 0 Å². The third kappa shape index (κ3) is 10.1. The maximum Gasteiger partial charge on any atom is 0.549 e. The first-order chi connectivity index (χ1) is 4.36. The van der Waals surface area contributed by atoms with Gasteiger partial charge in [-0.2, -0.15) is 13.2 Å². The van der Waals surface area contributed by atoms with Crippen molar-refractivity contribution in [2.45, 2.75) is 6.18 Å². The van der Waals surface area contributed by atoms with Crippen LogP contribution in [0.25, 0.3) is 0 Å². The van der Waals surface area contributed by atoms with Crippen LogP contribution < -0.4 is 0 Å². The van der Waals surface area contributed by atoms with Crippen LogP contribution in [0, 0.1) is 0 Å². The summed E-state index contributed by atoms with van der Waals surface area (Å²) in [5.41, 5.74) is 0. The van der Waals surface area contributed by atoms with E-state index in [0.717, 1.165) is 0 Å². The van der Waals surface area contributed by atoms with E-state index in [1.807, 2.05) is 0 Å². The molecule has 0 aromatic heterocycles. The summed E-state index contributed by atoms with van der Waals surface area (Å²) >= 11 is 0. The molecule has 0 bridgehead atoms. The largest absolute Gasteiger partial charge is 0.549 e. The molecule has 0 heterocycles. The minimum atomic E-state index is -5.08. The number of alkyl halides is 3. The summed E-state index contributed by atoms with van der Waals surface area (Å²) < 4.78 is 48.5. The van der Waals surface area contributed by atoms with E-state index < -0.39 is 21.4 Å². The Hall–Kier alpha value is -0.923. The Morgan fingerprint density at radius 1 is 1.30 bits per heavy atom. The van der Waals surface area contributed by atoms with Crippen LogP contribution in [0.4, 0.5) is 13.2 Å². The molecule has 0 amide bonds. The Bertz CT molecular complexity index is 145. The molecule has 0 aromatic carbocycles. The van der Waals surface area contributed by atoms with Crippen molar-refractivity contribution in [2.24, 2.45) is 0 Å². The normalized spacial score (nSPS) is 8.70. The molecule has 10 heavy (non-hydrogen) atoms. The molecule has 0 aliphatic carbocycles. The number of aliphatic carboxylic acids is 1. The van der Waals surface area contributed by atoms with Crippen LogP contribution in [0.15, 0.2) is 0 Å². The molecule has 0 saturated heterocycles. The highest BCUT2D eigenvalue weighted by Gasteiger charge is 2.38. The molecular weight excluding hydrogens is 173 g/mol. The van der Waals surface area contributed by atoms with Gasteiger partial charge in [-0.25, -0.2) is 4.79 Å². The van der Waals surface area contributed by atoms with Gasteiger partial charge < -0.3 is 5.11 Å². The molecule has 0 fully saturated rings. The van der Waals surface area contributed by atoms with Gasteiger partial charge in [0.15, 0.2) is 0 Å². The summed E-state index contributed by atoms with van der Waals surface area (Å²) in [4.78, 5) is 8.90. The van der Waals surface area contributed by atoms with Crippen molar-refractivity contribution >= 4 is 15.3 Å². The van der Waals surface area contributed by atoms with Gasteiger partial charge in [-0.15, -0.1) is 0 Å². The molecule has 0 spiro atoms. The predicted molar refractivity (Wildman–Crippen MR) is 20.8 cm³/mol. The maximum atomic E-state index is 10.6. The lowest BCUT2D eigenvalue weighted by atomic mass is 10.7. The number of hydrogen-bond acceptors (Lipinski definition) is 3. The van der Waals surface area contributed by atoms with Crippen LogP contribution in [0.2, 0.25) is 0 Å². The third-order valence-corrected chi connectivity index (χ3v) is 0.243. The summed E-state index contributed by atoms with van der Waals surface area (Å²) in [6, 6.07) is 0. The Labute approximate surface area is 54.6 Å². The molecule has 0 saturated carbocycles. The van der Waals surface area contributed by atoms with Gasteiger partial charge >= 0.3 is 21.4 Å². The zero-order valence-electron chi connectivity index (χ0n) is 4.31. The van der Waals surface area contributed by atoms with Crippen LogP contribution in [-0.4, -0.2) is 26.5 Å². The van der Waals surface area contributed by atoms with E-state index in [1.165, 1.54) is 0 Å². The highest BCUT2D eigenvalue weighted by Crippen LogP contribution is 2.13.